The van der Waals surface area contributed by atoms with Crippen LogP contribution < -0.4 is 20.9 Å². The standard InChI is InChI=1S/C28H31N5O4/c1-18-5-9-21(10-6-18)32-13-15-33(16-14-32)26(34)19(2)37-22-11-7-20(8-12-22)23-17-24-25(29-23)27(35)31(4)28(36)30(24)3/h5-12,17,19,29H,13-16H2,1-4H3/t19-/m0/s1. The second kappa shape index (κ2) is 9.65. The van der Waals surface area contributed by atoms with E-state index in [0.717, 1.165) is 28.9 Å². The Bertz CT molecular complexity index is 1560. The summed E-state index contributed by atoms with van der Waals surface area (Å²) in [5.74, 6) is 0.558. The molecule has 0 radical (unpaired) electrons. The van der Waals surface area contributed by atoms with Crippen molar-refractivity contribution in [2.45, 2.75) is 20.0 Å². The quantitative estimate of drug-likeness (QED) is 0.454. The predicted molar refractivity (Wildman–Crippen MR) is 144 cm³/mol. The average Bonchev–Trinajstić information content (AvgIpc) is 3.37. The van der Waals surface area contributed by atoms with E-state index in [-0.39, 0.29) is 17.2 Å². The van der Waals surface area contributed by atoms with Crippen molar-refractivity contribution in [3.05, 3.63) is 81.0 Å². The minimum absolute atomic E-state index is 0.0278. The Labute approximate surface area is 214 Å². The number of benzene rings is 2. The number of aromatic amines is 1. The van der Waals surface area contributed by atoms with Gasteiger partial charge in [-0.05, 0) is 61.9 Å². The molecule has 192 valence electrons. The summed E-state index contributed by atoms with van der Waals surface area (Å²) in [6.07, 6.45) is -0.609. The van der Waals surface area contributed by atoms with Gasteiger partial charge in [0.15, 0.2) is 6.10 Å². The fraction of sp³-hybridized carbons (Fsp3) is 0.321. The molecule has 1 fully saturated rings. The Morgan fingerprint density at radius 2 is 1.57 bits per heavy atom. The van der Waals surface area contributed by atoms with Gasteiger partial charge in [0.1, 0.15) is 11.3 Å². The molecule has 0 saturated carbocycles. The van der Waals surface area contributed by atoms with Crippen LogP contribution in [0.1, 0.15) is 12.5 Å². The van der Waals surface area contributed by atoms with E-state index < -0.39 is 6.10 Å². The Morgan fingerprint density at radius 1 is 0.919 bits per heavy atom. The zero-order valence-corrected chi connectivity index (χ0v) is 21.5. The van der Waals surface area contributed by atoms with Crippen molar-refractivity contribution >= 4 is 22.6 Å². The summed E-state index contributed by atoms with van der Waals surface area (Å²) in [7, 11) is 3.10. The van der Waals surface area contributed by atoms with E-state index >= 15 is 0 Å². The van der Waals surface area contributed by atoms with Crippen LogP contribution >= 0.6 is 0 Å². The number of amides is 1. The minimum atomic E-state index is -0.609. The van der Waals surface area contributed by atoms with Crippen LogP contribution in [-0.4, -0.2) is 57.2 Å². The molecule has 0 aliphatic carbocycles. The maximum atomic E-state index is 13.0. The minimum Gasteiger partial charge on any atom is -0.481 e. The van der Waals surface area contributed by atoms with Crippen molar-refractivity contribution in [3.63, 3.8) is 0 Å². The number of nitrogens with one attached hydrogen (secondary N) is 1. The fourth-order valence-corrected chi connectivity index (χ4v) is 4.77. The van der Waals surface area contributed by atoms with Crippen LogP contribution in [0, 0.1) is 6.92 Å². The normalized spacial score (nSPS) is 14.7. The smallest absolute Gasteiger partial charge is 0.331 e. The van der Waals surface area contributed by atoms with Gasteiger partial charge in [0.05, 0.1) is 5.52 Å². The molecule has 9 nitrogen and oxygen atoms in total. The number of piperazine rings is 1. The third kappa shape index (κ3) is 4.64. The van der Waals surface area contributed by atoms with Crippen molar-refractivity contribution < 1.29 is 9.53 Å². The highest BCUT2D eigenvalue weighted by Crippen LogP contribution is 2.25. The first-order chi connectivity index (χ1) is 17.7. The van der Waals surface area contributed by atoms with E-state index in [9.17, 15) is 14.4 Å². The van der Waals surface area contributed by atoms with Crippen LogP contribution in [0.15, 0.2) is 64.2 Å². The van der Waals surface area contributed by atoms with Crippen LogP contribution in [0.2, 0.25) is 0 Å². The first-order valence-corrected chi connectivity index (χ1v) is 12.4. The molecule has 2 aromatic carbocycles. The van der Waals surface area contributed by atoms with E-state index in [1.54, 1.807) is 32.2 Å². The molecule has 1 saturated heterocycles. The summed E-state index contributed by atoms with van der Waals surface area (Å²) in [4.78, 5) is 45.0. The molecule has 0 bridgehead atoms. The summed E-state index contributed by atoms with van der Waals surface area (Å²) < 4.78 is 8.49. The summed E-state index contributed by atoms with van der Waals surface area (Å²) in [5, 5.41) is 0. The van der Waals surface area contributed by atoms with Gasteiger partial charge in [-0.15, -0.1) is 0 Å². The zero-order valence-electron chi connectivity index (χ0n) is 21.5. The molecular weight excluding hydrogens is 470 g/mol. The predicted octanol–water partition coefficient (Wildman–Crippen LogP) is 2.66. The summed E-state index contributed by atoms with van der Waals surface area (Å²) >= 11 is 0. The van der Waals surface area contributed by atoms with Gasteiger partial charge in [-0.3, -0.25) is 18.7 Å². The molecule has 1 aliphatic rings. The lowest BCUT2D eigenvalue weighted by atomic mass is 10.1. The first kappa shape index (κ1) is 24.4. The Morgan fingerprint density at radius 3 is 2.22 bits per heavy atom. The number of hydrogen-bond acceptors (Lipinski definition) is 5. The Hall–Kier alpha value is -4.27. The SMILES string of the molecule is Cc1ccc(N2CCN(C(=O)[C@H](C)Oc3ccc(-c4cc5c([nH]4)c(=O)n(C)c(=O)n5C)cc3)CC2)cc1. The molecule has 5 rings (SSSR count). The second-order valence-corrected chi connectivity index (χ2v) is 9.58. The van der Waals surface area contributed by atoms with Gasteiger partial charge in [-0.2, -0.15) is 0 Å². The van der Waals surface area contributed by atoms with Gasteiger partial charge >= 0.3 is 5.69 Å². The molecule has 1 amide bonds. The van der Waals surface area contributed by atoms with Gasteiger partial charge in [0, 0.05) is 51.7 Å². The zero-order chi connectivity index (χ0) is 26.3. The van der Waals surface area contributed by atoms with E-state index in [1.807, 2.05) is 17.0 Å². The van der Waals surface area contributed by atoms with E-state index in [1.165, 1.54) is 22.9 Å². The van der Waals surface area contributed by atoms with Crippen molar-refractivity contribution in [1.29, 1.82) is 0 Å². The van der Waals surface area contributed by atoms with Gasteiger partial charge in [0.2, 0.25) is 0 Å². The molecule has 3 heterocycles. The molecular formula is C28H31N5O4. The molecule has 4 aromatic rings. The number of carbonyl (C=O) groups is 1. The molecule has 2 aromatic heterocycles. The van der Waals surface area contributed by atoms with Crippen molar-refractivity contribution in [2.75, 3.05) is 31.1 Å². The molecule has 37 heavy (non-hydrogen) atoms. The van der Waals surface area contributed by atoms with Crippen LogP contribution in [0.4, 0.5) is 5.69 Å². The number of hydrogen-bond donors (Lipinski definition) is 1. The van der Waals surface area contributed by atoms with Crippen molar-refractivity contribution in [1.82, 2.24) is 19.0 Å². The fourth-order valence-electron chi connectivity index (χ4n) is 4.77. The Kier molecular flexibility index (Phi) is 6.37. The van der Waals surface area contributed by atoms with E-state index in [2.05, 4.69) is 41.1 Å². The molecule has 0 spiro atoms. The van der Waals surface area contributed by atoms with Crippen molar-refractivity contribution in [3.8, 4) is 17.0 Å². The Balaban J connectivity index is 1.23. The van der Waals surface area contributed by atoms with Crippen LogP contribution in [0.25, 0.3) is 22.3 Å². The highest BCUT2D eigenvalue weighted by Gasteiger charge is 2.26. The molecule has 0 unspecified atom stereocenters. The van der Waals surface area contributed by atoms with E-state index in [0.29, 0.717) is 29.9 Å². The van der Waals surface area contributed by atoms with Crippen molar-refractivity contribution in [2.24, 2.45) is 14.1 Å². The van der Waals surface area contributed by atoms with Crippen LogP contribution in [0.5, 0.6) is 5.75 Å². The van der Waals surface area contributed by atoms with Crippen LogP contribution in [0.3, 0.4) is 0 Å². The maximum absolute atomic E-state index is 13.0. The van der Waals surface area contributed by atoms with E-state index in [4.69, 9.17) is 4.74 Å². The second-order valence-electron chi connectivity index (χ2n) is 9.58. The lowest BCUT2D eigenvalue weighted by Crippen LogP contribution is -2.52. The van der Waals surface area contributed by atoms with Gasteiger partial charge in [-0.25, -0.2) is 4.79 Å². The molecule has 1 N–H and O–H groups in total. The number of rotatable bonds is 5. The van der Waals surface area contributed by atoms with Gasteiger partial charge < -0.3 is 19.5 Å². The molecule has 1 aliphatic heterocycles. The largest absolute Gasteiger partial charge is 0.481 e. The molecule has 9 heteroatoms. The number of aryl methyl sites for hydroxylation is 2. The number of H-pyrrole nitrogens is 1. The monoisotopic (exact) mass is 501 g/mol. The van der Waals surface area contributed by atoms with Gasteiger partial charge in [-0.1, -0.05) is 17.7 Å². The summed E-state index contributed by atoms with van der Waals surface area (Å²) in [6, 6.07) is 17.6. The first-order valence-electron chi connectivity index (χ1n) is 12.4. The number of carbonyl (C=O) groups excluding carboxylic acids is 1. The number of fused-ring (bicyclic) bond motifs is 1. The number of aromatic nitrogens is 3. The topological polar surface area (TPSA) is 92.6 Å². The highest BCUT2D eigenvalue weighted by atomic mass is 16.5. The lowest BCUT2D eigenvalue weighted by Gasteiger charge is -2.37. The maximum Gasteiger partial charge on any atom is 0.331 e. The average molecular weight is 502 g/mol. The molecule has 1 atom stereocenters. The third-order valence-electron chi connectivity index (χ3n) is 7.07. The van der Waals surface area contributed by atoms with Crippen LogP contribution in [-0.2, 0) is 18.9 Å². The third-order valence-corrected chi connectivity index (χ3v) is 7.07. The number of nitrogens with zero attached hydrogens (tertiary/aromatic N) is 4. The number of anilines is 1. The number of ether oxygens (including phenoxy) is 1. The summed E-state index contributed by atoms with van der Waals surface area (Å²) in [5.41, 5.74) is 4.15. The lowest BCUT2D eigenvalue weighted by molar-refractivity contribution is -0.138. The van der Waals surface area contributed by atoms with Gasteiger partial charge in [0.25, 0.3) is 11.5 Å². The summed E-state index contributed by atoms with van der Waals surface area (Å²) in [6.45, 7) is 6.73. The highest BCUT2D eigenvalue weighted by molar-refractivity contribution is 5.83.